The fourth-order valence-electron chi connectivity index (χ4n) is 2.14. The SMILES string of the molecule is O=C1S/C(=C\c2ccc(Cl)cc2)C(=O)N1Cc1ccccc1F. The van der Waals surface area contributed by atoms with Gasteiger partial charge < -0.3 is 0 Å². The van der Waals surface area contributed by atoms with Crippen LogP contribution in [0.5, 0.6) is 0 Å². The number of thioether (sulfide) groups is 1. The molecule has 0 spiro atoms. The molecule has 0 aliphatic carbocycles. The van der Waals surface area contributed by atoms with Crippen LogP contribution in [-0.4, -0.2) is 16.0 Å². The van der Waals surface area contributed by atoms with E-state index in [9.17, 15) is 14.0 Å². The number of nitrogens with zero attached hydrogens (tertiary/aromatic N) is 1. The molecule has 1 fully saturated rings. The Morgan fingerprint density at radius 3 is 2.48 bits per heavy atom. The van der Waals surface area contributed by atoms with Gasteiger partial charge in [0.2, 0.25) is 0 Å². The maximum absolute atomic E-state index is 13.7. The summed E-state index contributed by atoms with van der Waals surface area (Å²) in [6, 6.07) is 13.0. The summed E-state index contributed by atoms with van der Waals surface area (Å²) < 4.78 is 13.7. The Kier molecular flexibility index (Phi) is 4.50. The Bertz CT molecular complexity index is 804. The third-order valence-corrected chi connectivity index (χ3v) is 4.49. The van der Waals surface area contributed by atoms with E-state index < -0.39 is 17.0 Å². The van der Waals surface area contributed by atoms with E-state index in [1.165, 1.54) is 6.07 Å². The predicted molar refractivity (Wildman–Crippen MR) is 89.4 cm³/mol. The molecule has 0 atom stereocenters. The van der Waals surface area contributed by atoms with Crippen LogP contribution in [0.25, 0.3) is 6.08 Å². The van der Waals surface area contributed by atoms with Crippen molar-refractivity contribution in [1.82, 2.24) is 4.90 Å². The van der Waals surface area contributed by atoms with Crippen molar-refractivity contribution in [2.24, 2.45) is 0 Å². The molecule has 3 rings (SSSR count). The Labute approximate surface area is 141 Å². The van der Waals surface area contributed by atoms with Gasteiger partial charge in [0.1, 0.15) is 5.82 Å². The van der Waals surface area contributed by atoms with Crippen LogP contribution < -0.4 is 0 Å². The van der Waals surface area contributed by atoms with Gasteiger partial charge >= 0.3 is 0 Å². The number of amides is 2. The van der Waals surface area contributed by atoms with Crippen LogP contribution in [0.3, 0.4) is 0 Å². The summed E-state index contributed by atoms with van der Waals surface area (Å²) in [6.45, 7) is -0.0741. The molecule has 1 saturated heterocycles. The minimum absolute atomic E-state index is 0.0741. The minimum atomic E-state index is -0.437. The molecule has 2 aromatic rings. The van der Waals surface area contributed by atoms with Gasteiger partial charge in [0.15, 0.2) is 0 Å². The van der Waals surface area contributed by atoms with Gasteiger partial charge in [-0.1, -0.05) is 41.9 Å². The summed E-state index contributed by atoms with van der Waals surface area (Å²) in [5.41, 5.74) is 1.08. The first kappa shape index (κ1) is 15.8. The molecule has 23 heavy (non-hydrogen) atoms. The normalized spacial score (nSPS) is 16.4. The zero-order valence-corrected chi connectivity index (χ0v) is 13.4. The van der Waals surface area contributed by atoms with E-state index in [2.05, 4.69) is 0 Å². The molecule has 0 bridgehead atoms. The van der Waals surface area contributed by atoms with Crippen molar-refractivity contribution in [3.63, 3.8) is 0 Å². The summed E-state index contributed by atoms with van der Waals surface area (Å²) >= 11 is 6.67. The first-order chi connectivity index (χ1) is 11.0. The van der Waals surface area contributed by atoms with E-state index in [1.54, 1.807) is 48.5 Å². The summed E-state index contributed by atoms with van der Waals surface area (Å²) in [4.78, 5) is 25.8. The molecule has 0 saturated carbocycles. The molecule has 6 heteroatoms. The van der Waals surface area contributed by atoms with Crippen molar-refractivity contribution < 1.29 is 14.0 Å². The van der Waals surface area contributed by atoms with Gasteiger partial charge in [-0.2, -0.15) is 0 Å². The molecule has 3 nitrogen and oxygen atoms in total. The third-order valence-electron chi connectivity index (χ3n) is 3.33. The van der Waals surface area contributed by atoms with Gasteiger partial charge in [0.25, 0.3) is 11.1 Å². The number of carbonyl (C=O) groups excluding carboxylic acids is 2. The molecule has 2 aromatic carbocycles. The van der Waals surface area contributed by atoms with Crippen LogP contribution in [0.4, 0.5) is 9.18 Å². The average molecular weight is 348 g/mol. The maximum atomic E-state index is 13.7. The average Bonchev–Trinajstić information content (AvgIpc) is 2.79. The highest BCUT2D eigenvalue weighted by molar-refractivity contribution is 8.18. The number of benzene rings is 2. The molecular formula is C17H11ClFNO2S. The number of hydrogen-bond donors (Lipinski definition) is 0. The summed E-state index contributed by atoms with van der Waals surface area (Å²) in [5.74, 6) is -0.855. The maximum Gasteiger partial charge on any atom is 0.293 e. The summed E-state index contributed by atoms with van der Waals surface area (Å²) in [6.07, 6.45) is 1.63. The Morgan fingerprint density at radius 1 is 1.09 bits per heavy atom. The number of carbonyl (C=O) groups is 2. The van der Waals surface area contributed by atoms with E-state index in [4.69, 9.17) is 11.6 Å². The summed E-state index contributed by atoms with van der Waals surface area (Å²) in [5, 5.41) is 0.188. The van der Waals surface area contributed by atoms with E-state index in [-0.39, 0.29) is 6.54 Å². The molecule has 2 amide bonds. The molecule has 1 aliphatic rings. The zero-order chi connectivity index (χ0) is 16.4. The third kappa shape index (κ3) is 3.46. The van der Waals surface area contributed by atoms with E-state index in [0.717, 1.165) is 22.2 Å². The quantitative estimate of drug-likeness (QED) is 0.754. The van der Waals surface area contributed by atoms with Crippen molar-refractivity contribution in [2.45, 2.75) is 6.54 Å². The molecule has 0 radical (unpaired) electrons. The number of rotatable bonds is 3. The second-order valence-corrected chi connectivity index (χ2v) is 6.34. The standard InChI is InChI=1S/C17H11ClFNO2S/c18-13-7-5-11(6-8-13)9-15-16(21)20(17(22)23-15)10-12-3-1-2-4-14(12)19/h1-9H,10H2/b15-9-. The van der Waals surface area contributed by atoms with Gasteiger partial charge in [0.05, 0.1) is 11.4 Å². The van der Waals surface area contributed by atoms with Gasteiger partial charge in [0, 0.05) is 10.6 Å². The highest BCUT2D eigenvalue weighted by Crippen LogP contribution is 2.33. The lowest BCUT2D eigenvalue weighted by atomic mass is 10.2. The van der Waals surface area contributed by atoms with Crippen LogP contribution in [0.15, 0.2) is 53.4 Å². The highest BCUT2D eigenvalue weighted by Gasteiger charge is 2.35. The van der Waals surface area contributed by atoms with Gasteiger partial charge in [-0.3, -0.25) is 14.5 Å². The predicted octanol–water partition coefficient (Wildman–Crippen LogP) is 4.72. The lowest BCUT2D eigenvalue weighted by Gasteiger charge is -2.12. The fourth-order valence-corrected chi connectivity index (χ4v) is 3.11. The highest BCUT2D eigenvalue weighted by atomic mass is 35.5. The fraction of sp³-hybridized carbons (Fsp3) is 0.0588. The van der Waals surface area contributed by atoms with Gasteiger partial charge in [-0.15, -0.1) is 0 Å². The minimum Gasteiger partial charge on any atom is -0.268 e. The van der Waals surface area contributed by atoms with Crippen molar-refractivity contribution in [3.8, 4) is 0 Å². The number of imide groups is 1. The van der Waals surface area contributed by atoms with Crippen LogP contribution in [0.1, 0.15) is 11.1 Å². The first-order valence-corrected chi connectivity index (χ1v) is 7.98. The van der Waals surface area contributed by atoms with Gasteiger partial charge in [-0.05, 0) is 41.6 Å². The second-order valence-electron chi connectivity index (χ2n) is 4.91. The lowest BCUT2D eigenvalue weighted by molar-refractivity contribution is -0.123. The van der Waals surface area contributed by atoms with E-state index in [1.807, 2.05) is 0 Å². The molecule has 1 heterocycles. The van der Waals surface area contributed by atoms with Gasteiger partial charge in [-0.25, -0.2) is 4.39 Å². The number of halogens is 2. The van der Waals surface area contributed by atoms with Crippen LogP contribution in [-0.2, 0) is 11.3 Å². The number of hydrogen-bond acceptors (Lipinski definition) is 3. The lowest BCUT2D eigenvalue weighted by Crippen LogP contribution is -2.27. The molecule has 0 aromatic heterocycles. The smallest absolute Gasteiger partial charge is 0.268 e. The monoisotopic (exact) mass is 347 g/mol. The Balaban J connectivity index is 1.82. The molecule has 0 N–H and O–H groups in total. The van der Waals surface area contributed by atoms with E-state index >= 15 is 0 Å². The molecular weight excluding hydrogens is 337 g/mol. The largest absolute Gasteiger partial charge is 0.293 e. The zero-order valence-electron chi connectivity index (χ0n) is 11.8. The molecule has 1 aliphatic heterocycles. The molecule has 0 unspecified atom stereocenters. The van der Waals surface area contributed by atoms with Crippen molar-refractivity contribution in [2.75, 3.05) is 0 Å². The topological polar surface area (TPSA) is 37.4 Å². The van der Waals surface area contributed by atoms with Crippen molar-refractivity contribution in [1.29, 1.82) is 0 Å². The Hall–Kier alpha value is -2.11. The van der Waals surface area contributed by atoms with Crippen LogP contribution >= 0.6 is 23.4 Å². The van der Waals surface area contributed by atoms with Crippen molar-refractivity contribution in [3.05, 3.63) is 75.4 Å². The van der Waals surface area contributed by atoms with Crippen LogP contribution in [0.2, 0.25) is 5.02 Å². The molecule has 116 valence electrons. The summed E-state index contributed by atoms with van der Waals surface area (Å²) in [7, 11) is 0. The second kappa shape index (κ2) is 6.56. The van der Waals surface area contributed by atoms with Crippen LogP contribution in [0, 0.1) is 5.82 Å². The van der Waals surface area contributed by atoms with E-state index in [0.29, 0.717) is 15.5 Å². The first-order valence-electron chi connectivity index (χ1n) is 6.79. The van der Waals surface area contributed by atoms with Crippen molar-refractivity contribution >= 4 is 40.6 Å². The Morgan fingerprint density at radius 2 is 1.78 bits per heavy atom.